The lowest BCUT2D eigenvalue weighted by molar-refractivity contribution is -0.133. The molecule has 7 heteroatoms. The lowest BCUT2D eigenvalue weighted by Crippen LogP contribution is -2.23. The Hall–Kier alpha value is -1.89. The molecule has 1 rings (SSSR count). The van der Waals surface area contributed by atoms with Crippen molar-refractivity contribution < 1.29 is 23.6 Å². The second-order valence-corrected chi connectivity index (χ2v) is 4.83. The van der Waals surface area contributed by atoms with E-state index in [0.29, 0.717) is 11.4 Å². The molecule has 98 valence electrons. The molecule has 0 aromatic heterocycles. The van der Waals surface area contributed by atoms with Crippen LogP contribution in [-0.4, -0.2) is 39.8 Å². The molecule has 18 heavy (non-hydrogen) atoms. The summed E-state index contributed by atoms with van der Waals surface area (Å²) >= 11 is 0. The summed E-state index contributed by atoms with van der Waals surface area (Å²) in [6.07, 6.45) is 0. The maximum absolute atomic E-state index is 11.5. The number of rotatable bonds is 6. The van der Waals surface area contributed by atoms with Crippen LogP contribution in [0.2, 0.25) is 0 Å². The Morgan fingerprint density at radius 3 is 2.61 bits per heavy atom. The molecule has 0 heterocycles. The average molecular weight is 271 g/mol. The van der Waals surface area contributed by atoms with E-state index in [1.165, 1.54) is 7.11 Å². The maximum atomic E-state index is 11.5. The summed E-state index contributed by atoms with van der Waals surface area (Å²) < 4.78 is 16.3. The molecule has 0 saturated carbocycles. The predicted octanol–water partition coefficient (Wildman–Crippen LogP) is 0.467. The lowest BCUT2D eigenvalue weighted by atomic mass is 10.3. The average Bonchev–Trinajstić information content (AvgIpc) is 2.28. The highest BCUT2D eigenvalue weighted by atomic mass is 32.2. The van der Waals surface area contributed by atoms with Crippen LogP contribution in [0.1, 0.15) is 0 Å². The van der Waals surface area contributed by atoms with Crippen LogP contribution in [0, 0.1) is 0 Å². The van der Waals surface area contributed by atoms with Crippen LogP contribution in [0.5, 0.6) is 5.75 Å². The summed E-state index contributed by atoms with van der Waals surface area (Å²) in [5, 5.41) is 10.9. The summed E-state index contributed by atoms with van der Waals surface area (Å²) in [4.78, 5) is 21.8. The standard InChI is InChI=1S/C11H13NO5S/c1-17-9-5-3-2-4-8(9)12-10(13)6-18(16)7-11(14)15/h2-5H,6-7H2,1H3,(H,12,13)(H,14,15). The summed E-state index contributed by atoms with van der Waals surface area (Å²) in [6.45, 7) is 0. The zero-order valence-corrected chi connectivity index (χ0v) is 10.5. The van der Waals surface area contributed by atoms with Crippen LogP contribution < -0.4 is 10.1 Å². The molecule has 1 unspecified atom stereocenters. The minimum absolute atomic E-state index is 0.357. The largest absolute Gasteiger partial charge is 0.495 e. The van der Waals surface area contributed by atoms with Gasteiger partial charge in [-0.05, 0) is 12.1 Å². The van der Waals surface area contributed by atoms with Crippen molar-refractivity contribution in [2.75, 3.05) is 23.9 Å². The highest BCUT2D eigenvalue weighted by Gasteiger charge is 2.13. The van der Waals surface area contributed by atoms with Crippen LogP contribution in [0.25, 0.3) is 0 Å². The molecule has 0 aliphatic heterocycles. The number of benzene rings is 1. The monoisotopic (exact) mass is 271 g/mol. The summed E-state index contributed by atoms with van der Waals surface area (Å²) in [5.41, 5.74) is 0.456. The Balaban J connectivity index is 2.59. The van der Waals surface area contributed by atoms with E-state index in [1.54, 1.807) is 24.3 Å². The number of carboxylic acid groups (broad SMARTS) is 1. The lowest BCUT2D eigenvalue weighted by Gasteiger charge is -2.09. The molecule has 0 fully saturated rings. The van der Waals surface area contributed by atoms with Crippen molar-refractivity contribution in [3.63, 3.8) is 0 Å². The van der Waals surface area contributed by atoms with Crippen molar-refractivity contribution in [3.8, 4) is 5.75 Å². The Bertz CT molecular complexity index is 474. The highest BCUT2D eigenvalue weighted by molar-refractivity contribution is 7.86. The van der Waals surface area contributed by atoms with E-state index in [9.17, 15) is 13.8 Å². The van der Waals surface area contributed by atoms with Crippen molar-refractivity contribution in [1.29, 1.82) is 0 Å². The highest BCUT2D eigenvalue weighted by Crippen LogP contribution is 2.22. The number of ether oxygens (including phenoxy) is 1. The number of methoxy groups -OCH3 is 1. The molecule has 1 aromatic rings. The summed E-state index contributed by atoms with van der Waals surface area (Å²) in [7, 11) is -0.249. The van der Waals surface area contributed by atoms with Gasteiger partial charge in [0.05, 0.1) is 12.8 Å². The first-order chi connectivity index (χ1) is 8.52. The maximum Gasteiger partial charge on any atom is 0.316 e. The van der Waals surface area contributed by atoms with E-state index in [1.807, 2.05) is 0 Å². The van der Waals surface area contributed by atoms with Gasteiger partial charge in [-0.2, -0.15) is 0 Å². The molecule has 0 saturated heterocycles. The van der Waals surface area contributed by atoms with E-state index in [4.69, 9.17) is 9.84 Å². The van der Waals surface area contributed by atoms with Gasteiger partial charge in [0.25, 0.3) is 0 Å². The van der Waals surface area contributed by atoms with Crippen LogP contribution in [0.15, 0.2) is 24.3 Å². The number of anilines is 1. The normalized spacial score (nSPS) is 11.6. The minimum atomic E-state index is -1.71. The van der Waals surface area contributed by atoms with Gasteiger partial charge in [-0.1, -0.05) is 12.1 Å². The van der Waals surface area contributed by atoms with E-state index in [0.717, 1.165) is 0 Å². The van der Waals surface area contributed by atoms with E-state index < -0.39 is 28.4 Å². The third-order valence-corrected chi connectivity index (χ3v) is 3.11. The number of para-hydroxylation sites is 2. The number of carbonyl (C=O) groups is 2. The summed E-state index contributed by atoms with van der Waals surface area (Å²) in [5.74, 6) is -2.13. The van der Waals surface area contributed by atoms with E-state index in [-0.39, 0.29) is 5.75 Å². The molecule has 0 spiro atoms. The van der Waals surface area contributed by atoms with Crippen molar-refractivity contribution in [2.24, 2.45) is 0 Å². The fourth-order valence-corrected chi connectivity index (χ4v) is 2.01. The van der Waals surface area contributed by atoms with Crippen LogP contribution in [-0.2, 0) is 20.4 Å². The van der Waals surface area contributed by atoms with Gasteiger partial charge in [0.15, 0.2) is 0 Å². The second-order valence-electron chi connectivity index (χ2n) is 3.37. The predicted molar refractivity (Wildman–Crippen MR) is 67.1 cm³/mol. The van der Waals surface area contributed by atoms with Crippen LogP contribution in [0.3, 0.4) is 0 Å². The van der Waals surface area contributed by atoms with Gasteiger partial charge in [0.2, 0.25) is 5.91 Å². The van der Waals surface area contributed by atoms with Gasteiger partial charge in [0.1, 0.15) is 17.3 Å². The Morgan fingerprint density at radius 2 is 2.00 bits per heavy atom. The summed E-state index contributed by atoms with van der Waals surface area (Å²) in [6, 6.07) is 6.77. The first kappa shape index (κ1) is 14.2. The Labute approximate surface area is 106 Å². The number of hydrogen-bond donors (Lipinski definition) is 2. The number of carbonyl (C=O) groups excluding carboxylic acids is 1. The number of nitrogens with one attached hydrogen (secondary N) is 1. The second kappa shape index (κ2) is 6.75. The first-order valence-electron chi connectivity index (χ1n) is 5.02. The third kappa shape index (κ3) is 4.54. The molecule has 1 atom stereocenters. The smallest absolute Gasteiger partial charge is 0.316 e. The van der Waals surface area contributed by atoms with Crippen molar-refractivity contribution >= 4 is 28.4 Å². The zero-order valence-electron chi connectivity index (χ0n) is 9.71. The molecule has 1 aromatic carbocycles. The molecule has 0 bridgehead atoms. The topological polar surface area (TPSA) is 92.7 Å². The van der Waals surface area contributed by atoms with Gasteiger partial charge in [-0.3, -0.25) is 13.8 Å². The van der Waals surface area contributed by atoms with Crippen molar-refractivity contribution in [3.05, 3.63) is 24.3 Å². The number of hydrogen-bond acceptors (Lipinski definition) is 4. The third-order valence-electron chi connectivity index (χ3n) is 1.96. The number of aliphatic carboxylic acids is 1. The van der Waals surface area contributed by atoms with Crippen molar-refractivity contribution in [1.82, 2.24) is 0 Å². The Kier molecular flexibility index (Phi) is 5.31. The van der Waals surface area contributed by atoms with Gasteiger partial charge in [-0.15, -0.1) is 0 Å². The zero-order chi connectivity index (χ0) is 13.5. The molecule has 0 radical (unpaired) electrons. The van der Waals surface area contributed by atoms with E-state index >= 15 is 0 Å². The van der Waals surface area contributed by atoms with Gasteiger partial charge in [0, 0.05) is 10.8 Å². The van der Waals surface area contributed by atoms with Crippen LogP contribution >= 0.6 is 0 Å². The molecular weight excluding hydrogens is 258 g/mol. The molecule has 0 aliphatic carbocycles. The number of carboxylic acids is 1. The fraction of sp³-hybridized carbons (Fsp3) is 0.273. The molecule has 1 amide bonds. The molecule has 0 aliphatic rings. The van der Waals surface area contributed by atoms with Crippen molar-refractivity contribution in [2.45, 2.75) is 0 Å². The van der Waals surface area contributed by atoms with Crippen LogP contribution in [0.4, 0.5) is 5.69 Å². The quantitative estimate of drug-likeness (QED) is 0.784. The molecule has 6 nitrogen and oxygen atoms in total. The minimum Gasteiger partial charge on any atom is -0.495 e. The van der Waals surface area contributed by atoms with Gasteiger partial charge >= 0.3 is 5.97 Å². The van der Waals surface area contributed by atoms with Gasteiger partial charge < -0.3 is 15.2 Å². The van der Waals surface area contributed by atoms with E-state index in [2.05, 4.69) is 5.32 Å². The Morgan fingerprint density at radius 1 is 1.33 bits per heavy atom. The molecular formula is C11H13NO5S. The van der Waals surface area contributed by atoms with Gasteiger partial charge in [-0.25, -0.2) is 0 Å². The fourth-order valence-electron chi connectivity index (χ4n) is 1.27. The number of amides is 1. The first-order valence-corrected chi connectivity index (χ1v) is 6.51. The molecule has 2 N–H and O–H groups in total. The SMILES string of the molecule is COc1ccccc1NC(=O)CS(=O)CC(=O)O.